The largest absolute Gasteiger partial charge is 0.366 e. The summed E-state index contributed by atoms with van der Waals surface area (Å²) in [5, 5.41) is 0. The van der Waals surface area contributed by atoms with E-state index in [1.54, 1.807) is 13.8 Å². The SMILES string of the molecule is CC(C)(N)C(=O)COCC=O. The first-order valence-electron chi connectivity index (χ1n) is 3.32. The number of rotatable bonds is 5. The number of hydrogen-bond acceptors (Lipinski definition) is 4. The Bertz CT molecular complexity index is 148. The van der Waals surface area contributed by atoms with Crippen molar-refractivity contribution in [1.82, 2.24) is 0 Å². The maximum absolute atomic E-state index is 11.0. The minimum absolute atomic E-state index is 0.0537. The zero-order valence-electron chi connectivity index (χ0n) is 6.79. The van der Waals surface area contributed by atoms with Gasteiger partial charge in [-0.3, -0.25) is 4.79 Å². The molecule has 0 radical (unpaired) electrons. The third kappa shape index (κ3) is 4.64. The summed E-state index contributed by atoms with van der Waals surface area (Å²) in [5.41, 5.74) is 4.57. The van der Waals surface area contributed by atoms with E-state index in [1.807, 2.05) is 0 Å². The van der Waals surface area contributed by atoms with Crippen LogP contribution in [0.1, 0.15) is 13.8 Å². The molecule has 11 heavy (non-hydrogen) atoms. The molecule has 0 fully saturated rings. The Hall–Kier alpha value is -0.740. The number of ether oxygens (including phenoxy) is 1. The molecule has 2 N–H and O–H groups in total. The van der Waals surface area contributed by atoms with Crippen molar-refractivity contribution in [1.29, 1.82) is 0 Å². The number of aldehydes is 1. The van der Waals surface area contributed by atoms with Gasteiger partial charge in [0.25, 0.3) is 0 Å². The number of ketones is 1. The summed E-state index contributed by atoms with van der Waals surface area (Å²) in [5.74, 6) is -0.209. The van der Waals surface area contributed by atoms with Crippen LogP contribution in [0.3, 0.4) is 0 Å². The van der Waals surface area contributed by atoms with Gasteiger partial charge >= 0.3 is 0 Å². The first-order valence-corrected chi connectivity index (χ1v) is 3.32. The van der Waals surface area contributed by atoms with E-state index in [2.05, 4.69) is 4.74 Å². The van der Waals surface area contributed by atoms with E-state index in [4.69, 9.17) is 5.73 Å². The second-order valence-corrected chi connectivity index (χ2v) is 2.83. The third-order valence-electron chi connectivity index (χ3n) is 1.14. The lowest BCUT2D eigenvalue weighted by Gasteiger charge is -2.15. The molecule has 4 heteroatoms. The predicted molar refractivity (Wildman–Crippen MR) is 40.2 cm³/mol. The maximum Gasteiger partial charge on any atom is 0.177 e. The highest BCUT2D eigenvalue weighted by atomic mass is 16.5. The molecule has 0 atom stereocenters. The smallest absolute Gasteiger partial charge is 0.177 e. The molecule has 0 amide bonds. The van der Waals surface area contributed by atoms with E-state index in [0.29, 0.717) is 6.29 Å². The lowest BCUT2D eigenvalue weighted by molar-refractivity contribution is -0.128. The van der Waals surface area contributed by atoms with Crippen LogP contribution in [-0.2, 0) is 14.3 Å². The molecule has 0 unspecified atom stereocenters. The van der Waals surface area contributed by atoms with E-state index in [9.17, 15) is 9.59 Å². The van der Waals surface area contributed by atoms with Crippen LogP contribution in [0.2, 0.25) is 0 Å². The van der Waals surface area contributed by atoms with Crippen molar-refractivity contribution in [2.24, 2.45) is 5.73 Å². The van der Waals surface area contributed by atoms with Crippen LogP contribution in [0.25, 0.3) is 0 Å². The Morgan fingerprint density at radius 3 is 2.55 bits per heavy atom. The predicted octanol–water partition coefficient (Wildman–Crippen LogP) is -0.492. The van der Waals surface area contributed by atoms with Crippen molar-refractivity contribution in [3.05, 3.63) is 0 Å². The fourth-order valence-electron chi connectivity index (χ4n) is 0.386. The van der Waals surface area contributed by atoms with Crippen LogP contribution in [0, 0.1) is 0 Å². The number of hydrogen-bond donors (Lipinski definition) is 1. The first kappa shape index (κ1) is 10.3. The van der Waals surface area contributed by atoms with Crippen LogP contribution in [0.15, 0.2) is 0 Å². The summed E-state index contributed by atoms with van der Waals surface area (Å²) in [7, 11) is 0. The summed E-state index contributed by atoms with van der Waals surface area (Å²) in [6.07, 6.45) is 0.594. The van der Waals surface area contributed by atoms with E-state index >= 15 is 0 Å². The van der Waals surface area contributed by atoms with Crippen molar-refractivity contribution in [2.75, 3.05) is 13.2 Å². The van der Waals surface area contributed by atoms with Gasteiger partial charge in [0.1, 0.15) is 19.5 Å². The lowest BCUT2D eigenvalue weighted by atomic mass is 10.0. The Balaban J connectivity index is 3.62. The van der Waals surface area contributed by atoms with E-state index < -0.39 is 5.54 Å². The molecule has 0 bridgehead atoms. The Morgan fingerprint density at radius 2 is 2.18 bits per heavy atom. The second-order valence-electron chi connectivity index (χ2n) is 2.83. The van der Waals surface area contributed by atoms with Gasteiger partial charge in [0.15, 0.2) is 5.78 Å². The molecule has 64 valence electrons. The van der Waals surface area contributed by atoms with Gasteiger partial charge in [0.05, 0.1) is 5.54 Å². The minimum atomic E-state index is -0.872. The first-order chi connectivity index (χ1) is 4.98. The van der Waals surface area contributed by atoms with Crippen LogP contribution >= 0.6 is 0 Å². The average Bonchev–Trinajstić information content (AvgIpc) is 1.86. The van der Waals surface area contributed by atoms with Crippen LogP contribution in [0.4, 0.5) is 0 Å². The molecule has 0 aliphatic carbocycles. The topological polar surface area (TPSA) is 69.4 Å². The van der Waals surface area contributed by atoms with Gasteiger partial charge in [0, 0.05) is 0 Å². The fraction of sp³-hybridized carbons (Fsp3) is 0.714. The molecule has 0 aromatic carbocycles. The number of carbonyl (C=O) groups is 2. The quantitative estimate of drug-likeness (QED) is 0.434. The number of carbonyl (C=O) groups excluding carboxylic acids is 2. The van der Waals surface area contributed by atoms with Gasteiger partial charge < -0.3 is 15.3 Å². The van der Waals surface area contributed by atoms with Crippen LogP contribution in [0.5, 0.6) is 0 Å². The summed E-state index contributed by atoms with van der Waals surface area (Å²) < 4.78 is 4.67. The molecule has 0 saturated heterocycles. The lowest BCUT2D eigenvalue weighted by Crippen LogP contribution is -2.43. The molecule has 0 aliphatic rings. The van der Waals surface area contributed by atoms with Crippen molar-refractivity contribution >= 4 is 12.1 Å². The monoisotopic (exact) mass is 159 g/mol. The van der Waals surface area contributed by atoms with Gasteiger partial charge in [-0.1, -0.05) is 0 Å². The normalized spacial score (nSPS) is 11.2. The van der Waals surface area contributed by atoms with Gasteiger partial charge in [-0.2, -0.15) is 0 Å². The van der Waals surface area contributed by atoms with Crippen molar-refractivity contribution in [2.45, 2.75) is 19.4 Å². The van der Waals surface area contributed by atoms with E-state index in [-0.39, 0.29) is 19.0 Å². The molecule has 0 aromatic heterocycles. The summed E-state index contributed by atoms with van der Waals surface area (Å²) in [6, 6.07) is 0. The van der Waals surface area contributed by atoms with Crippen molar-refractivity contribution in [3.63, 3.8) is 0 Å². The zero-order valence-corrected chi connectivity index (χ0v) is 6.79. The third-order valence-corrected chi connectivity index (χ3v) is 1.14. The number of Topliss-reactive ketones (excluding diaryl/α,β-unsaturated/α-hetero) is 1. The molecule has 0 aliphatic heterocycles. The summed E-state index contributed by atoms with van der Waals surface area (Å²) >= 11 is 0. The number of nitrogens with two attached hydrogens (primary N) is 1. The molecule has 0 heterocycles. The molecular formula is C7H13NO3. The van der Waals surface area contributed by atoms with Gasteiger partial charge in [-0.05, 0) is 13.8 Å². The Morgan fingerprint density at radius 1 is 1.64 bits per heavy atom. The summed E-state index contributed by atoms with van der Waals surface area (Å²) in [4.78, 5) is 20.7. The standard InChI is InChI=1S/C7H13NO3/c1-7(2,8)6(10)5-11-4-3-9/h3H,4-5,8H2,1-2H3. The molecular weight excluding hydrogens is 146 g/mol. The summed E-state index contributed by atoms with van der Waals surface area (Å²) in [6.45, 7) is 3.04. The van der Waals surface area contributed by atoms with E-state index in [0.717, 1.165) is 0 Å². The fourth-order valence-corrected chi connectivity index (χ4v) is 0.386. The maximum atomic E-state index is 11.0. The zero-order chi connectivity index (χ0) is 8.91. The van der Waals surface area contributed by atoms with Crippen molar-refractivity contribution < 1.29 is 14.3 Å². The molecule has 0 spiro atoms. The van der Waals surface area contributed by atoms with Crippen LogP contribution in [-0.4, -0.2) is 30.8 Å². The second kappa shape index (κ2) is 4.20. The highest BCUT2D eigenvalue weighted by molar-refractivity contribution is 5.88. The molecule has 0 rings (SSSR count). The minimum Gasteiger partial charge on any atom is -0.366 e. The van der Waals surface area contributed by atoms with Gasteiger partial charge in [-0.25, -0.2) is 0 Å². The Kier molecular flexibility index (Phi) is 3.92. The Labute approximate surface area is 65.7 Å². The molecule has 0 aromatic rings. The highest BCUT2D eigenvalue weighted by Crippen LogP contribution is 1.98. The van der Waals surface area contributed by atoms with Gasteiger partial charge in [-0.15, -0.1) is 0 Å². The molecule has 0 saturated carbocycles. The van der Waals surface area contributed by atoms with Crippen molar-refractivity contribution in [3.8, 4) is 0 Å². The van der Waals surface area contributed by atoms with Crippen LogP contribution < -0.4 is 5.73 Å². The van der Waals surface area contributed by atoms with E-state index in [1.165, 1.54) is 0 Å². The molecule has 4 nitrogen and oxygen atoms in total. The average molecular weight is 159 g/mol. The highest BCUT2D eigenvalue weighted by Gasteiger charge is 2.21. The van der Waals surface area contributed by atoms with Gasteiger partial charge in [0.2, 0.25) is 0 Å².